The minimum atomic E-state index is -3.90. The lowest BCUT2D eigenvalue weighted by Crippen LogP contribution is -2.60. The van der Waals surface area contributed by atoms with Gasteiger partial charge in [0.25, 0.3) is 5.91 Å². The number of sulfonamides is 1. The molecular weight excluding hydrogens is 741 g/mol. The molecule has 3 saturated carbocycles. The molecule has 3 aromatic heterocycles. The van der Waals surface area contributed by atoms with Crippen LogP contribution in [-0.2, 0) is 29.1 Å². The molecule has 3 aromatic rings. The monoisotopic (exact) mass is 784 g/mol. The number of likely N-dealkylation sites (tertiary alicyclic amines) is 1. The summed E-state index contributed by atoms with van der Waals surface area (Å²) in [6.07, 6.45) is 4.35. The SMILES string of the molecule is C=C[C@@H]1CC1(NC(=O)[C@@H]1C[C@@H](Oc2nc3ccsc3nc2-c2cccs2)CN1C(=O)[C@@H](NC(=O)OC1CCCC1)C(C)(C)C)C(=O)NS(=O)(=O)C1CC1. The molecule has 284 valence electrons. The largest absolute Gasteiger partial charge is 0.471 e. The Labute approximate surface area is 316 Å². The molecule has 0 radical (unpaired) electrons. The van der Waals surface area contributed by atoms with Crippen LogP contribution in [0.3, 0.4) is 0 Å². The number of hydrogen-bond acceptors (Lipinski definition) is 12. The summed E-state index contributed by atoms with van der Waals surface area (Å²) < 4.78 is 39.8. The molecule has 4 amide bonds. The highest BCUT2D eigenvalue weighted by Gasteiger charge is 2.62. The van der Waals surface area contributed by atoms with Gasteiger partial charge >= 0.3 is 6.09 Å². The quantitative estimate of drug-likeness (QED) is 0.221. The van der Waals surface area contributed by atoms with Crippen molar-refractivity contribution in [2.24, 2.45) is 11.3 Å². The van der Waals surface area contributed by atoms with E-state index in [1.807, 2.05) is 49.7 Å². The molecular formula is C36H44N6O8S3. The molecule has 1 aliphatic heterocycles. The summed E-state index contributed by atoms with van der Waals surface area (Å²) in [5, 5.41) is 8.75. The number of hydrogen-bond donors (Lipinski definition) is 3. The number of alkyl carbamates (subject to hydrolysis) is 1. The molecule has 7 rings (SSSR count). The van der Waals surface area contributed by atoms with Gasteiger partial charge in [0, 0.05) is 12.3 Å². The van der Waals surface area contributed by atoms with Gasteiger partial charge in [-0.25, -0.2) is 23.2 Å². The molecule has 0 spiro atoms. The molecule has 4 fully saturated rings. The first-order valence-electron chi connectivity index (χ1n) is 17.9. The minimum absolute atomic E-state index is 0.0189. The first-order chi connectivity index (χ1) is 25.2. The van der Waals surface area contributed by atoms with E-state index in [4.69, 9.17) is 19.4 Å². The maximum atomic E-state index is 14.6. The predicted molar refractivity (Wildman–Crippen MR) is 200 cm³/mol. The van der Waals surface area contributed by atoms with E-state index in [1.165, 1.54) is 33.6 Å². The summed E-state index contributed by atoms with van der Waals surface area (Å²) in [5.74, 6) is -2.30. The number of ether oxygens (including phenoxy) is 2. The molecule has 53 heavy (non-hydrogen) atoms. The third-order valence-electron chi connectivity index (χ3n) is 10.3. The Morgan fingerprint density at radius 1 is 1.06 bits per heavy atom. The lowest BCUT2D eigenvalue weighted by molar-refractivity contribution is -0.143. The molecule has 0 aromatic carbocycles. The van der Waals surface area contributed by atoms with Crippen LogP contribution in [0.15, 0.2) is 41.6 Å². The number of amides is 4. The Morgan fingerprint density at radius 2 is 1.81 bits per heavy atom. The van der Waals surface area contributed by atoms with Crippen molar-refractivity contribution in [1.29, 1.82) is 0 Å². The summed E-state index contributed by atoms with van der Waals surface area (Å²) in [6, 6.07) is 3.41. The highest BCUT2D eigenvalue weighted by molar-refractivity contribution is 7.91. The van der Waals surface area contributed by atoms with Crippen LogP contribution < -0.4 is 20.1 Å². The maximum Gasteiger partial charge on any atom is 0.408 e. The van der Waals surface area contributed by atoms with E-state index in [9.17, 15) is 27.6 Å². The second-order valence-corrected chi connectivity index (χ2v) is 19.2. The third-order valence-corrected chi connectivity index (χ3v) is 13.8. The van der Waals surface area contributed by atoms with E-state index >= 15 is 0 Å². The molecule has 14 nitrogen and oxygen atoms in total. The van der Waals surface area contributed by atoms with Crippen molar-refractivity contribution in [2.45, 2.75) is 107 Å². The van der Waals surface area contributed by atoms with Crippen LogP contribution in [0.5, 0.6) is 5.88 Å². The fourth-order valence-corrected chi connectivity index (χ4v) is 9.88. The van der Waals surface area contributed by atoms with Crippen molar-refractivity contribution in [3.8, 4) is 16.5 Å². The minimum Gasteiger partial charge on any atom is -0.471 e. The van der Waals surface area contributed by atoms with E-state index in [0.717, 1.165) is 35.4 Å². The van der Waals surface area contributed by atoms with E-state index in [-0.39, 0.29) is 31.4 Å². The van der Waals surface area contributed by atoms with Crippen molar-refractivity contribution in [1.82, 2.24) is 30.2 Å². The van der Waals surface area contributed by atoms with Crippen LogP contribution >= 0.6 is 22.7 Å². The molecule has 5 atom stereocenters. The Bertz CT molecular complexity index is 2020. The number of nitrogens with zero attached hydrogens (tertiary/aromatic N) is 3. The second-order valence-electron chi connectivity index (χ2n) is 15.4. The molecule has 3 aliphatic carbocycles. The first-order valence-corrected chi connectivity index (χ1v) is 21.2. The molecule has 0 bridgehead atoms. The summed E-state index contributed by atoms with van der Waals surface area (Å²) in [5.41, 5.74) is -1.18. The fourth-order valence-electron chi connectivity index (χ4n) is 7.11. The summed E-state index contributed by atoms with van der Waals surface area (Å²) >= 11 is 2.92. The van der Waals surface area contributed by atoms with Crippen LogP contribution in [0.4, 0.5) is 4.79 Å². The van der Waals surface area contributed by atoms with Crippen LogP contribution in [-0.4, -0.2) is 88.7 Å². The lowest BCUT2D eigenvalue weighted by Gasteiger charge is -2.35. The fraction of sp³-hybridized carbons (Fsp3) is 0.556. The maximum absolute atomic E-state index is 14.6. The number of nitrogens with one attached hydrogen (secondary N) is 3. The van der Waals surface area contributed by atoms with Crippen molar-refractivity contribution in [2.75, 3.05) is 6.54 Å². The smallest absolute Gasteiger partial charge is 0.408 e. The number of carbonyl (C=O) groups is 4. The van der Waals surface area contributed by atoms with E-state index in [0.29, 0.717) is 24.1 Å². The van der Waals surface area contributed by atoms with Crippen molar-refractivity contribution in [3.05, 3.63) is 41.6 Å². The molecule has 4 heterocycles. The van der Waals surface area contributed by atoms with Gasteiger partial charge in [0.2, 0.25) is 27.7 Å². The number of thiophene rings is 2. The average molecular weight is 785 g/mol. The van der Waals surface area contributed by atoms with Gasteiger partial charge in [-0.1, -0.05) is 32.9 Å². The zero-order valence-corrected chi connectivity index (χ0v) is 32.3. The number of aromatic nitrogens is 2. The predicted octanol–water partition coefficient (Wildman–Crippen LogP) is 4.52. The number of carbonyl (C=O) groups excluding carboxylic acids is 4. The summed E-state index contributed by atoms with van der Waals surface area (Å²) in [6.45, 7) is 9.16. The topological polar surface area (TPSA) is 186 Å². The second kappa shape index (κ2) is 14.3. The Kier molecular flexibility index (Phi) is 10.0. The van der Waals surface area contributed by atoms with Gasteiger partial charge < -0.3 is 25.0 Å². The molecule has 4 aliphatic rings. The van der Waals surface area contributed by atoms with Gasteiger partial charge in [-0.15, -0.1) is 29.3 Å². The van der Waals surface area contributed by atoms with Crippen LogP contribution in [0.2, 0.25) is 0 Å². The molecule has 1 unspecified atom stereocenters. The average Bonchev–Trinajstić information content (AvgIpc) is 3.68. The molecule has 3 N–H and O–H groups in total. The van der Waals surface area contributed by atoms with Gasteiger partial charge in [-0.05, 0) is 73.3 Å². The highest BCUT2D eigenvalue weighted by Crippen LogP contribution is 2.46. The zero-order valence-electron chi connectivity index (χ0n) is 29.8. The van der Waals surface area contributed by atoms with Gasteiger partial charge in [0.05, 0.1) is 16.7 Å². The Hall–Kier alpha value is -4.09. The van der Waals surface area contributed by atoms with Gasteiger partial charge in [-0.3, -0.25) is 19.1 Å². The normalized spacial score (nSPS) is 25.1. The highest BCUT2D eigenvalue weighted by atomic mass is 32.2. The summed E-state index contributed by atoms with van der Waals surface area (Å²) in [4.78, 5) is 68.1. The Balaban J connectivity index is 1.18. The van der Waals surface area contributed by atoms with Crippen molar-refractivity contribution < 1.29 is 37.1 Å². The molecule has 17 heteroatoms. The van der Waals surface area contributed by atoms with Crippen LogP contribution in [0, 0.1) is 11.3 Å². The van der Waals surface area contributed by atoms with E-state index in [2.05, 4.69) is 21.9 Å². The van der Waals surface area contributed by atoms with Crippen LogP contribution in [0.25, 0.3) is 20.9 Å². The Morgan fingerprint density at radius 3 is 2.45 bits per heavy atom. The van der Waals surface area contributed by atoms with Crippen LogP contribution in [0.1, 0.15) is 72.1 Å². The first kappa shape index (κ1) is 37.2. The zero-order chi connectivity index (χ0) is 37.7. The summed E-state index contributed by atoms with van der Waals surface area (Å²) in [7, 11) is -3.90. The van der Waals surface area contributed by atoms with E-state index < -0.39 is 74.1 Å². The standard InChI is InChI=1S/C36H44N6O8S3/c1-5-20-18-36(20,33(45)41-53(47,48)23-12-13-23)40-29(43)25-17-22(49-30-27(26-11-8-15-51-26)38-31-24(37-30)14-16-52-31)19-42(25)32(44)28(35(2,3)4)39-34(46)50-21-9-6-7-10-21/h5,8,11,14-16,20-23,25,28H,1,6-7,9-10,12-13,17-19H2,2-4H3,(H,39,46)(H,40,43)(H,41,45)/t20-,22-,25+,28-,36?/m1/s1. The van der Waals surface area contributed by atoms with E-state index in [1.54, 1.807) is 0 Å². The van der Waals surface area contributed by atoms with Gasteiger partial charge in [0.15, 0.2) is 0 Å². The molecule has 1 saturated heterocycles. The third kappa shape index (κ3) is 7.78. The van der Waals surface area contributed by atoms with Crippen molar-refractivity contribution in [3.63, 3.8) is 0 Å². The van der Waals surface area contributed by atoms with Crippen molar-refractivity contribution >= 4 is 66.9 Å². The lowest BCUT2D eigenvalue weighted by atomic mass is 9.85. The van der Waals surface area contributed by atoms with Gasteiger partial charge in [-0.2, -0.15) is 0 Å². The number of rotatable bonds is 12. The van der Waals surface area contributed by atoms with Gasteiger partial charge in [0.1, 0.15) is 45.9 Å². The number of fused-ring (bicyclic) bond motifs is 1.